The van der Waals surface area contributed by atoms with E-state index in [-0.39, 0.29) is 11.5 Å². The van der Waals surface area contributed by atoms with Crippen LogP contribution in [0.25, 0.3) is 0 Å². The molecule has 0 atom stereocenters. The Labute approximate surface area is 80.0 Å². The summed E-state index contributed by atoms with van der Waals surface area (Å²) in [5.41, 5.74) is 4.80. The molecule has 0 bridgehead atoms. The van der Waals surface area contributed by atoms with Crippen LogP contribution in [0.2, 0.25) is 0 Å². The van der Waals surface area contributed by atoms with Gasteiger partial charge in [-0.15, -0.1) is 0 Å². The monoisotopic (exact) mass is 194 g/mol. The molecule has 2 heterocycles. The van der Waals surface area contributed by atoms with Gasteiger partial charge in [-0.3, -0.25) is 15.0 Å². The standard InChI is InChI=1S/C4H6N2O.C4H4N2O/c2*7-4-2-1-3-5-6-4/h1,3,5H,2H2,(H,6,7);1-3H,(H,6,7). The molecule has 0 aromatic carbocycles. The number of nitrogens with zero attached hydrogens (tertiary/aromatic N) is 1. The lowest BCUT2D eigenvalue weighted by molar-refractivity contribution is -0.121. The molecular formula is C8H10N4O2. The minimum atomic E-state index is -0.164. The number of carbonyl (C=O) groups is 1. The Morgan fingerprint density at radius 2 is 2.21 bits per heavy atom. The van der Waals surface area contributed by atoms with Gasteiger partial charge in [0.1, 0.15) is 0 Å². The average Bonchev–Trinajstić information content (AvgIpc) is 2.21. The number of aromatic nitrogens is 2. The van der Waals surface area contributed by atoms with Crippen molar-refractivity contribution in [1.29, 1.82) is 0 Å². The van der Waals surface area contributed by atoms with Crippen LogP contribution in [0.1, 0.15) is 6.42 Å². The summed E-state index contributed by atoms with van der Waals surface area (Å²) < 4.78 is 0. The molecule has 3 N–H and O–H groups in total. The molecule has 2 rings (SSSR count). The van der Waals surface area contributed by atoms with Crippen LogP contribution < -0.4 is 16.4 Å². The first-order valence-corrected chi connectivity index (χ1v) is 3.98. The second-order valence-electron chi connectivity index (χ2n) is 2.41. The number of hydrogen-bond acceptors (Lipinski definition) is 4. The zero-order valence-corrected chi connectivity index (χ0v) is 7.36. The second kappa shape index (κ2) is 5.52. The smallest absolute Gasteiger partial charge is 0.264 e. The molecule has 0 fully saturated rings. The van der Waals surface area contributed by atoms with E-state index in [1.54, 1.807) is 18.3 Å². The van der Waals surface area contributed by atoms with Crippen LogP contribution in [0.4, 0.5) is 0 Å². The molecule has 1 aromatic rings. The Bertz CT molecular complexity index is 354. The molecule has 0 radical (unpaired) electrons. The number of hydrazine groups is 1. The number of H-pyrrole nitrogens is 1. The van der Waals surface area contributed by atoms with Crippen molar-refractivity contribution in [3.8, 4) is 0 Å². The second-order valence-corrected chi connectivity index (χ2v) is 2.41. The highest BCUT2D eigenvalue weighted by Crippen LogP contribution is 1.83. The minimum Gasteiger partial charge on any atom is -0.306 e. The van der Waals surface area contributed by atoms with Gasteiger partial charge in [-0.05, 0) is 6.07 Å². The molecule has 74 valence electrons. The summed E-state index contributed by atoms with van der Waals surface area (Å²) in [5.74, 6) is 0.0162. The molecule has 1 aromatic heterocycles. The maximum atomic E-state index is 10.2. The number of nitrogens with one attached hydrogen (secondary N) is 3. The van der Waals surface area contributed by atoms with E-state index in [9.17, 15) is 9.59 Å². The summed E-state index contributed by atoms with van der Waals surface area (Å²) in [6.45, 7) is 0. The Morgan fingerprint density at radius 3 is 2.50 bits per heavy atom. The van der Waals surface area contributed by atoms with Gasteiger partial charge in [0, 0.05) is 24.9 Å². The van der Waals surface area contributed by atoms with Crippen molar-refractivity contribution in [2.24, 2.45) is 0 Å². The van der Waals surface area contributed by atoms with E-state index in [1.807, 2.05) is 0 Å². The van der Waals surface area contributed by atoms with Gasteiger partial charge in [-0.25, -0.2) is 5.10 Å². The Kier molecular flexibility index (Phi) is 3.93. The predicted molar refractivity (Wildman–Crippen MR) is 49.9 cm³/mol. The zero-order chi connectivity index (χ0) is 10.2. The van der Waals surface area contributed by atoms with Crippen LogP contribution in [0, 0.1) is 0 Å². The highest BCUT2D eigenvalue weighted by atomic mass is 16.2. The summed E-state index contributed by atoms with van der Waals surface area (Å²) in [5, 5.41) is 5.67. The number of carbonyl (C=O) groups excluding carboxylic acids is 1. The molecule has 1 aliphatic rings. The fourth-order valence-electron chi connectivity index (χ4n) is 0.710. The van der Waals surface area contributed by atoms with Crippen LogP contribution in [-0.4, -0.2) is 16.1 Å². The van der Waals surface area contributed by atoms with E-state index >= 15 is 0 Å². The highest BCUT2D eigenvalue weighted by Gasteiger charge is 1.96. The van der Waals surface area contributed by atoms with Crippen LogP contribution in [-0.2, 0) is 4.79 Å². The fraction of sp³-hybridized carbons (Fsp3) is 0.125. The van der Waals surface area contributed by atoms with Gasteiger partial charge < -0.3 is 5.43 Å². The molecule has 0 saturated carbocycles. The first-order chi connectivity index (χ1) is 6.79. The van der Waals surface area contributed by atoms with Gasteiger partial charge in [0.05, 0.1) is 0 Å². The van der Waals surface area contributed by atoms with E-state index in [4.69, 9.17) is 0 Å². The lowest BCUT2D eigenvalue weighted by Crippen LogP contribution is -2.35. The van der Waals surface area contributed by atoms with E-state index in [0.717, 1.165) is 0 Å². The molecular weight excluding hydrogens is 184 g/mol. The number of amides is 1. The van der Waals surface area contributed by atoms with Crippen molar-refractivity contribution in [2.75, 3.05) is 0 Å². The summed E-state index contributed by atoms with van der Waals surface area (Å²) in [7, 11) is 0. The van der Waals surface area contributed by atoms with Gasteiger partial charge >= 0.3 is 0 Å². The maximum absolute atomic E-state index is 10.2. The molecule has 1 amide bonds. The quantitative estimate of drug-likeness (QED) is 0.509. The van der Waals surface area contributed by atoms with Gasteiger partial charge in [0.15, 0.2) is 0 Å². The summed E-state index contributed by atoms with van der Waals surface area (Å²) in [4.78, 5) is 20.4. The molecule has 0 aliphatic carbocycles. The highest BCUT2D eigenvalue weighted by molar-refractivity contribution is 5.77. The topological polar surface area (TPSA) is 86.9 Å². The molecule has 6 heteroatoms. The number of rotatable bonds is 0. The largest absolute Gasteiger partial charge is 0.306 e. The van der Waals surface area contributed by atoms with E-state index in [0.29, 0.717) is 6.42 Å². The first kappa shape index (κ1) is 9.97. The summed E-state index contributed by atoms with van der Waals surface area (Å²) in [6.07, 6.45) is 5.47. The summed E-state index contributed by atoms with van der Waals surface area (Å²) in [6, 6.07) is 2.99. The first-order valence-electron chi connectivity index (χ1n) is 3.98. The van der Waals surface area contributed by atoms with Crippen LogP contribution >= 0.6 is 0 Å². The Morgan fingerprint density at radius 1 is 1.36 bits per heavy atom. The van der Waals surface area contributed by atoms with Crippen LogP contribution in [0.5, 0.6) is 0 Å². The van der Waals surface area contributed by atoms with Crippen molar-refractivity contribution >= 4 is 5.91 Å². The van der Waals surface area contributed by atoms with Gasteiger partial charge in [0.2, 0.25) is 5.91 Å². The zero-order valence-electron chi connectivity index (χ0n) is 7.36. The Hall–Kier alpha value is -2.11. The minimum absolute atomic E-state index is 0.0162. The fourth-order valence-corrected chi connectivity index (χ4v) is 0.710. The van der Waals surface area contributed by atoms with Crippen molar-refractivity contribution in [3.05, 3.63) is 41.0 Å². The van der Waals surface area contributed by atoms with Gasteiger partial charge in [-0.1, -0.05) is 6.08 Å². The predicted octanol–water partition coefficient (Wildman–Crippen LogP) is -0.706. The lowest BCUT2D eigenvalue weighted by atomic mass is 10.4. The third kappa shape index (κ3) is 4.05. The van der Waals surface area contributed by atoms with E-state index in [1.165, 1.54) is 12.3 Å². The normalized spacial score (nSPS) is 13.3. The molecule has 14 heavy (non-hydrogen) atoms. The molecule has 6 nitrogen and oxygen atoms in total. The number of aromatic amines is 1. The van der Waals surface area contributed by atoms with Crippen LogP contribution in [0.15, 0.2) is 35.4 Å². The average molecular weight is 194 g/mol. The van der Waals surface area contributed by atoms with Crippen LogP contribution in [0.3, 0.4) is 0 Å². The SMILES string of the molecule is O=C1CC=CNN1.O=c1cccn[nH]1. The third-order valence-corrected chi connectivity index (χ3v) is 1.30. The van der Waals surface area contributed by atoms with Gasteiger partial charge in [0.25, 0.3) is 5.56 Å². The van der Waals surface area contributed by atoms with E-state index < -0.39 is 0 Å². The molecule has 0 unspecified atom stereocenters. The third-order valence-electron chi connectivity index (χ3n) is 1.30. The molecule has 1 aliphatic heterocycles. The van der Waals surface area contributed by atoms with Crippen molar-refractivity contribution < 1.29 is 4.79 Å². The van der Waals surface area contributed by atoms with Crippen molar-refractivity contribution in [2.45, 2.75) is 6.42 Å². The number of hydrogen-bond donors (Lipinski definition) is 3. The maximum Gasteiger partial charge on any atom is 0.264 e. The lowest BCUT2D eigenvalue weighted by Gasteiger charge is -2.05. The van der Waals surface area contributed by atoms with E-state index in [2.05, 4.69) is 21.0 Å². The molecule has 0 spiro atoms. The van der Waals surface area contributed by atoms with Crippen molar-refractivity contribution in [3.63, 3.8) is 0 Å². The summed E-state index contributed by atoms with van der Waals surface area (Å²) >= 11 is 0. The molecule has 0 saturated heterocycles. The van der Waals surface area contributed by atoms with Crippen molar-refractivity contribution in [1.82, 2.24) is 21.0 Å². The Balaban J connectivity index is 0.000000140. The van der Waals surface area contributed by atoms with Gasteiger partial charge in [-0.2, -0.15) is 5.10 Å².